The molecule has 1 nitrogen and oxygen atoms in total. The highest BCUT2D eigenvalue weighted by atomic mass is 35.5. The van der Waals surface area contributed by atoms with Crippen molar-refractivity contribution in [1.29, 1.82) is 0 Å². The highest BCUT2D eigenvalue weighted by Gasteiger charge is 2.27. The van der Waals surface area contributed by atoms with Crippen LogP contribution < -0.4 is 0 Å². The zero-order valence-corrected chi connectivity index (χ0v) is 9.16. The zero-order valence-electron chi connectivity index (χ0n) is 7.59. The summed E-state index contributed by atoms with van der Waals surface area (Å²) in [4.78, 5) is 0.950. The maximum atomic E-state index is 9.85. The molecule has 1 atom stereocenters. The van der Waals surface area contributed by atoms with Gasteiger partial charge in [-0.2, -0.15) is 0 Å². The summed E-state index contributed by atoms with van der Waals surface area (Å²) in [5, 5.41) is 12.6. The van der Waals surface area contributed by atoms with Gasteiger partial charge in [0.1, 0.15) is 0 Å². The Morgan fingerprint density at radius 2 is 2.38 bits per heavy atom. The van der Waals surface area contributed by atoms with Gasteiger partial charge in [0.15, 0.2) is 0 Å². The zero-order chi connectivity index (χ0) is 9.42. The third-order valence-corrected chi connectivity index (χ3v) is 4.30. The molecular formula is C10H13ClOS. The molecule has 0 amide bonds. The van der Waals surface area contributed by atoms with Crippen LogP contribution in [-0.2, 0) is 0 Å². The predicted octanol–water partition coefficient (Wildman–Crippen LogP) is 3.54. The van der Waals surface area contributed by atoms with E-state index < -0.39 is 0 Å². The number of thiophene rings is 1. The van der Waals surface area contributed by atoms with Crippen LogP contribution in [0.15, 0.2) is 5.38 Å². The molecule has 0 radical (unpaired) electrons. The maximum absolute atomic E-state index is 9.85. The fourth-order valence-electron chi connectivity index (χ4n) is 1.45. The van der Waals surface area contributed by atoms with Crippen molar-refractivity contribution < 1.29 is 5.11 Å². The lowest BCUT2D eigenvalue weighted by molar-refractivity contribution is 0.164. The molecule has 1 aromatic heterocycles. The van der Waals surface area contributed by atoms with E-state index >= 15 is 0 Å². The van der Waals surface area contributed by atoms with Gasteiger partial charge in [-0.05, 0) is 30.2 Å². The molecule has 0 saturated heterocycles. The molecule has 0 bridgehead atoms. The van der Waals surface area contributed by atoms with Gasteiger partial charge in [0.2, 0.25) is 0 Å². The van der Waals surface area contributed by atoms with E-state index in [1.807, 2.05) is 12.3 Å². The number of aliphatic hydroxyl groups is 1. The molecule has 1 unspecified atom stereocenters. The largest absolute Gasteiger partial charge is 0.388 e. The summed E-state index contributed by atoms with van der Waals surface area (Å²) in [6, 6.07) is 0. The van der Waals surface area contributed by atoms with Crippen molar-refractivity contribution in [2.75, 3.05) is 0 Å². The smallest absolute Gasteiger partial charge is 0.0899 e. The Morgan fingerprint density at radius 1 is 1.69 bits per heavy atom. The Hall–Kier alpha value is -0.0500. The van der Waals surface area contributed by atoms with Gasteiger partial charge in [0.05, 0.1) is 16.0 Å². The molecule has 0 spiro atoms. The molecule has 1 heterocycles. The number of hydrogen-bond donors (Lipinski definition) is 1. The van der Waals surface area contributed by atoms with E-state index in [2.05, 4.69) is 0 Å². The first-order chi connectivity index (χ1) is 6.18. The summed E-state index contributed by atoms with van der Waals surface area (Å²) in [5.74, 6) is 0.744. The van der Waals surface area contributed by atoms with Crippen LogP contribution in [0.4, 0.5) is 0 Å². The molecular weight excluding hydrogens is 204 g/mol. The first-order valence-corrected chi connectivity index (χ1v) is 5.85. The molecule has 1 aliphatic carbocycles. The molecule has 0 aliphatic heterocycles. The second-order valence-electron chi connectivity index (χ2n) is 3.79. The summed E-state index contributed by atoms with van der Waals surface area (Å²) in [6.45, 7) is 1.98. The van der Waals surface area contributed by atoms with Crippen molar-refractivity contribution in [1.82, 2.24) is 0 Å². The van der Waals surface area contributed by atoms with Crippen LogP contribution in [0.5, 0.6) is 0 Å². The molecule has 72 valence electrons. The molecule has 1 N–H and O–H groups in total. The summed E-state index contributed by atoms with van der Waals surface area (Å²) in [7, 11) is 0. The van der Waals surface area contributed by atoms with Gasteiger partial charge in [-0.1, -0.05) is 24.4 Å². The Kier molecular flexibility index (Phi) is 2.63. The van der Waals surface area contributed by atoms with Crippen LogP contribution in [0, 0.1) is 12.8 Å². The third kappa shape index (κ3) is 2.06. The maximum Gasteiger partial charge on any atom is 0.0899 e. The lowest BCUT2D eigenvalue weighted by atomic mass is 10.1. The van der Waals surface area contributed by atoms with Gasteiger partial charge in [0, 0.05) is 0 Å². The van der Waals surface area contributed by atoms with Gasteiger partial charge >= 0.3 is 0 Å². The van der Waals surface area contributed by atoms with Crippen molar-refractivity contribution in [3.8, 4) is 0 Å². The van der Waals surface area contributed by atoms with E-state index in [0.29, 0.717) is 0 Å². The Balaban J connectivity index is 2.09. The van der Waals surface area contributed by atoms with E-state index in [4.69, 9.17) is 11.6 Å². The van der Waals surface area contributed by atoms with Gasteiger partial charge in [-0.25, -0.2) is 0 Å². The van der Waals surface area contributed by atoms with Gasteiger partial charge < -0.3 is 5.11 Å². The number of aliphatic hydroxyl groups excluding tert-OH is 1. The number of halogens is 1. The SMILES string of the molecule is Cc1csc(C(O)CC2CC2)c1Cl. The Bertz CT molecular complexity index is 304. The van der Waals surface area contributed by atoms with Gasteiger partial charge in [-0.3, -0.25) is 0 Å². The second kappa shape index (κ2) is 3.60. The monoisotopic (exact) mass is 216 g/mol. The minimum Gasteiger partial charge on any atom is -0.388 e. The standard InChI is InChI=1S/C10H13ClOS/c1-6-5-13-10(9(6)11)8(12)4-7-2-3-7/h5,7-8,12H,2-4H2,1H3. The van der Waals surface area contributed by atoms with E-state index in [9.17, 15) is 5.11 Å². The fraction of sp³-hybridized carbons (Fsp3) is 0.600. The van der Waals surface area contributed by atoms with E-state index in [0.717, 1.165) is 27.8 Å². The normalized spacial score (nSPS) is 19.0. The molecule has 1 aliphatic rings. The minimum atomic E-state index is -0.335. The predicted molar refractivity (Wildman–Crippen MR) is 56.4 cm³/mol. The number of hydrogen-bond acceptors (Lipinski definition) is 2. The highest BCUT2D eigenvalue weighted by Crippen LogP contribution is 2.41. The van der Waals surface area contributed by atoms with E-state index in [-0.39, 0.29) is 6.10 Å². The van der Waals surface area contributed by atoms with E-state index in [1.165, 1.54) is 12.8 Å². The van der Waals surface area contributed by atoms with Crippen LogP contribution in [0.2, 0.25) is 5.02 Å². The lowest BCUT2D eigenvalue weighted by Crippen LogP contribution is -1.96. The summed E-state index contributed by atoms with van der Waals surface area (Å²) >= 11 is 7.63. The van der Waals surface area contributed by atoms with Crippen LogP contribution in [-0.4, -0.2) is 5.11 Å². The summed E-state index contributed by atoms with van der Waals surface area (Å²) in [5.41, 5.74) is 1.08. The lowest BCUT2D eigenvalue weighted by Gasteiger charge is -2.07. The molecule has 13 heavy (non-hydrogen) atoms. The first-order valence-electron chi connectivity index (χ1n) is 4.60. The van der Waals surface area contributed by atoms with Crippen molar-refractivity contribution in [2.45, 2.75) is 32.3 Å². The Morgan fingerprint density at radius 3 is 2.85 bits per heavy atom. The van der Waals surface area contributed by atoms with Crippen molar-refractivity contribution in [3.05, 3.63) is 20.8 Å². The molecule has 1 fully saturated rings. The molecule has 1 aromatic rings. The second-order valence-corrected chi connectivity index (χ2v) is 5.08. The minimum absolute atomic E-state index is 0.335. The van der Waals surface area contributed by atoms with Crippen molar-refractivity contribution in [2.24, 2.45) is 5.92 Å². The Labute approximate surface area is 87.4 Å². The molecule has 0 aromatic carbocycles. The van der Waals surface area contributed by atoms with Crippen molar-refractivity contribution >= 4 is 22.9 Å². The average molecular weight is 217 g/mol. The highest BCUT2D eigenvalue weighted by molar-refractivity contribution is 7.10. The molecule has 2 rings (SSSR count). The fourth-order valence-corrected chi connectivity index (χ4v) is 2.77. The summed E-state index contributed by atoms with van der Waals surface area (Å²) < 4.78 is 0. The van der Waals surface area contributed by atoms with Gasteiger partial charge in [-0.15, -0.1) is 11.3 Å². The van der Waals surface area contributed by atoms with Crippen LogP contribution in [0.25, 0.3) is 0 Å². The quantitative estimate of drug-likeness (QED) is 0.820. The van der Waals surface area contributed by atoms with Crippen LogP contribution in [0.3, 0.4) is 0 Å². The molecule has 1 saturated carbocycles. The average Bonchev–Trinajstić information content (AvgIpc) is 2.82. The number of rotatable bonds is 3. The third-order valence-electron chi connectivity index (χ3n) is 2.48. The van der Waals surface area contributed by atoms with Crippen LogP contribution >= 0.6 is 22.9 Å². The van der Waals surface area contributed by atoms with Gasteiger partial charge in [0.25, 0.3) is 0 Å². The first kappa shape index (κ1) is 9.50. The van der Waals surface area contributed by atoms with Crippen molar-refractivity contribution in [3.63, 3.8) is 0 Å². The topological polar surface area (TPSA) is 20.2 Å². The van der Waals surface area contributed by atoms with E-state index in [1.54, 1.807) is 11.3 Å². The molecule has 3 heteroatoms. The van der Waals surface area contributed by atoms with Crippen LogP contribution in [0.1, 0.15) is 35.8 Å². The number of aryl methyl sites for hydroxylation is 1. The summed E-state index contributed by atoms with van der Waals surface area (Å²) in [6.07, 6.45) is 3.11.